The van der Waals surface area contributed by atoms with Crippen LogP contribution in [0.1, 0.15) is 18.1 Å². The van der Waals surface area contributed by atoms with Crippen LogP contribution in [0.2, 0.25) is 5.02 Å². The fourth-order valence-corrected chi connectivity index (χ4v) is 4.83. The van der Waals surface area contributed by atoms with Crippen molar-refractivity contribution in [2.45, 2.75) is 18.0 Å². The number of nitrogens with zero attached hydrogens (tertiary/aromatic N) is 2. The van der Waals surface area contributed by atoms with Gasteiger partial charge in [-0.2, -0.15) is 18.3 Å². The quantitative estimate of drug-likeness (QED) is 0.318. The summed E-state index contributed by atoms with van der Waals surface area (Å²) in [7, 11) is -2.96. The van der Waals surface area contributed by atoms with E-state index in [2.05, 4.69) is 10.5 Å². The monoisotopic (exact) mass is 539 g/mol. The third kappa shape index (κ3) is 6.35. The molecule has 0 unspecified atom stereocenters. The highest BCUT2D eigenvalue weighted by molar-refractivity contribution is 7.92. The smallest absolute Gasteiger partial charge is 0.416 e. The van der Waals surface area contributed by atoms with Crippen molar-refractivity contribution in [1.29, 1.82) is 0 Å². The summed E-state index contributed by atoms with van der Waals surface area (Å²) >= 11 is 6.11. The van der Waals surface area contributed by atoms with Crippen LogP contribution >= 0.6 is 11.6 Å². The van der Waals surface area contributed by atoms with Crippen LogP contribution in [0.15, 0.2) is 82.8 Å². The molecule has 0 fully saturated rings. The number of hydrazone groups is 1. The van der Waals surface area contributed by atoms with Gasteiger partial charge >= 0.3 is 6.18 Å². The summed E-state index contributed by atoms with van der Waals surface area (Å²) in [5.41, 5.74) is 1.69. The van der Waals surface area contributed by atoms with Gasteiger partial charge in [0.25, 0.3) is 15.9 Å². The van der Waals surface area contributed by atoms with Crippen LogP contribution in [0.4, 0.5) is 18.9 Å². The summed E-state index contributed by atoms with van der Waals surface area (Å²) in [6.45, 7) is 0.738. The lowest BCUT2D eigenvalue weighted by molar-refractivity contribution is -0.137. The van der Waals surface area contributed by atoms with Crippen LogP contribution in [-0.2, 0) is 21.0 Å². The summed E-state index contributed by atoms with van der Waals surface area (Å²) in [5, 5.41) is 3.69. The van der Waals surface area contributed by atoms with Gasteiger partial charge < -0.3 is 4.74 Å². The van der Waals surface area contributed by atoms with Gasteiger partial charge in [0.1, 0.15) is 12.3 Å². The van der Waals surface area contributed by atoms with Crippen molar-refractivity contribution >= 4 is 38.9 Å². The van der Waals surface area contributed by atoms with Crippen molar-refractivity contribution in [3.63, 3.8) is 0 Å². The minimum absolute atomic E-state index is 0.232. The molecule has 0 radical (unpaired) electrons. The van der Waals surface area contributed by atoms with Crippen LogP contribution < -0.4 is 14.5 Å². The number of carbonyl (C=O) groups is 1. The fourth-order valence-electron chi connectivity index (χ4n) is 3.11. The van der Waals surface area contributed by atoms with E-state index < -0.39 is 39.9 Å². The second kappa shape index (κ2) is 11.0. The molecule has 0 aliphatic carbocycles. The number of hydrogen-bond acceptors (Lipinski definition) is 5. The van der Waals surface area contributed by atoms with Crippen LogP contribution in [0, 0.1) is 0 Å². The number of sulfonamides is 1. The highest BCUT2D eigenvalue weighted by atomic mass is 35.5. The van der Waals surface area contributed by atoms with Crippen LogP contribution in [0.5, 0.6) is 5.75 Å². The van der Waals surface area contributed by atoms with E-state index in [0.717, 1.165) is 12.1 Å². The SMILES string of the molecule is COc1ccc(/C(C)=N\NC(=O)CN(c2cc(C(F)(F)F)ccc2Cl)S(=O)(=O)c2ccccc2)cc1. The maximum absolute atomic E-state index is 13.4. The lowest BCUT2D eigenvalue weighted by Crippen LogP contribution is -2.40. The highest BCUT2D eigenvalue weighted by Gasteiger charge is 2.34. The summed E-state index contributed by atoms with van der Waals surface area (Å²) in [6, 6.07) is 16.0. The van der Waals surface area contributed by atoms with Gasteiger partial charge in [-0.05, 0) is 67.1 Å². The normalized spacial score (nSPS) is 12.2. The molecular weight excluding hydrogens is 519 g/mol. The zero-order chi connectivity index (χ0) is 26.5. The largest absolute Gasteiger partial charge is 0.497 e. The second-order valence-electron chi connectivity index (χ2n) is 7.45. The molecule has 0 aliphatic rings. The number of anilines is 1. The van der Waals surface area contributed by atoms with Crippen LogP contribution in [0.25, 0.3) is 0 Å². The fraction of sp³-hybridized carbons (Fsp3) is 0.167. The maximum Gasteiger partial charge on any atom is 0.416 e. The van der Waals surface area contributed by atoms with Gasteiger partial charge in [-0.15, -0.1) is 0 Å². The summed E-state index contributed by atoms with van der Waals surface area (Å²) in [4.78, 5) is 12.5. The number of benzene rings is 3. The van der Waals surface area contributed by atoms with Crippen LogP contribution in [-0.4, -0.2) is 33.7 Å². The Morgan fingerprint density at radius 2 is 1.69 bits per heavy atom. The van der Waals surface area contributed by atoms with E-state index >= 15 is 0 Å². The van der Waals surface area contributed by atoms with E-state index in [1.165, 1.54) is 31.4 Å². The van der Waals surface area contributed by atoms with Gasteiger partial charge in [-0.3, -0.25) is 9.10 Å². The number of nitrogens with one attached hydrogen (secondary N) is 1. The van der Waals surface area contributed by atoms with Crippen molar-refractivity contribution in [2.75, 3.05) is 18.0 Å². The predicted molar refractivity (Wildman–Crippen MR) is 131 cm³/mol. The molecule has 0 atom stereocenters. The summed E-state index contributed by atoms with van der Waals surface area (Å²) < 4.78 is 72.4. The molecule has 7 nitrogen and oxygen atoms in total. The molecule has 3 rings (SSSR count). The van der Waals surface area contributed by atoms with E-state index in [-0.39, 0.29) is 9.92 Å². The molecule has 3 aromatic carbocycles. The average Bonchev–Trinajstić information content (AvgIpc) is 2.86. The average molecular weight is 540 g/mol. The molecule has 0 saturated heterocycles. The first-order valence-corrected chi connectivity index (χ1v) is 12.2. The summed E-state index contributed by atoms with van der Waals surface area (Å²) in [6.07, 6.45) is -4.76. The third-order valence-corrected chi connectivity index (χ3v) is 7.11. The first-order chi connectivity index (χ1) is 16.9. The Morgan fingerprint density at radius 3 is 2.28 bits per heavy atom. The minimum atomic E-state index is -4.76. The molecule has 12 heteroatoms. The second-order valence-corrected chi connectivity index (χ2v) is 9.72. The van der Waals surface area contributed by atoms with E-state index in [0.29, 0.717) is 27.4 Å². The number of methoxy groups -OCH3 is 1. The minimum Gasteiger partial charge on any atom is -0.497 e. The molecule has 1 amide bonds. The topological polar surface area (TPSA) is 88.1 Å². The Bertz CT molecular complexity index is 1360. The Kier molecular flexibility index (Phi) is 8.26. The van der Waals surface area contributed by atoms with Gasteiger partial charge in [-0.25, -0.2) is 13.8 Å². The molecule has 190 valence electrons. The molecule has 36 heavy (non-hydrogen) atoms. The van der Waals surface area contributed by atoms with Gasteiger partial charge in [-0.1, -0.05) is 29.8 Å². The number of alkyl halides is 3. The molecule has 0 aliphatic heterocycles. The molecule has 0 heterocycles. The first kappa shape index (κ1) is 27.0. The number of amides is 1. The van der Waals surface area contributed by atoms with Crippen molar-refractivity contribution in [3.05, 3.63) is 88.9 Å². The standard InChI is InChI=1S/C24H21ClF3N3O4S/c1-16(17-8-11-19(35-2)12-9-17)29-30-23(32)15-31(36(33,34)20-6-4-3-5-7-20)22-14-18(24(26,27)28)10-13-21(22)25/h3-14H,15H2,1-2H3,(H,30,32)/b29-16-. The number of hydrogen-bond donors (Lipinski definition) is 1. The van der Waals surface area contributed by atoms with Gasteiger partial charge in [0, 0.05) is 0 Å². The molecule has 0 bridgehead atoms. The Balaban J connectivity index is 1.95. The first-order valence-electron chi connectivity index (χ1n) is 10.4. The van der Waals surface area contributed by atoms with E-state index in [1.807, 2.05) is 0 Å². The molecule has 1 N–H and O–H groups in total. The Morgan fingerprint density at radius 1 is 1.06 bits per heavy atom. The molecule has 0 spiro atoms. The van der Waals surface area contributed by atoms with Gasteiger partial charge in [0.05, 0.1) is 34.0 Å². The van der Waals surface area contributed by atoms with Crippen molar-refractivity contribution in [3.8, 4) is 5.75 Å². The Hall–Kier alpha value is -3.57. The highest BCUT2D eigenvalue weighted by Crippen LogP contribution is 2.37. The lowest BCUT2D eigenvalue weighted by Gasteiger charge is -2.25. The Labute approximate surface area is 211 Å². The van der Waals surface area contributed by atoms with Crippen molar-refractivity contribution < 1.29 is 31.1 Å². The number of rotatable bonds is 8. The number of ether oxygens (including phenoxy) is 1. The van der Waals surface area contributed by atoms with Crippen molar-refractivity contribution in [1.82, 2.24) is 5.43 Å². The third-order valence-electron chi connectivity index (χ3n) is 5.02. The predicted octanol–water partition coefficient (Wildman–Crippen LogP) is 5.10. The van der Waals surface area contributed by atoms with E-state index in [1.54, 1.807) is 37.3 Å². The molecule has 3 aromatic rings. The lowest BCUT2D eigenvalue weighted by atomic mass is 10.1. The molecular formula is C24H21ClF3N3O4S. The zero-order valence-electron chi connectivity index (χ0n) is 19.1. The maximum atomic E-state index is 13.4. The van der Waals surface area contributed by atoms with E-state index in [9.17, 15) is 26.4 Å². The van der Waals surface area contributed by atoms with E-state index in [4.69, 9.17) is 16.3 Å². The zero-order valence-corrected chi connectivity index (χ0v) is 20.7. The molecule has 0 aromatic heterocycles. The summed E-state index contributed by atoms with van der Waals surface area (Å²) in [5.74, 6) is -0.272. The van der Waals surface area contributed by atoms with Crippen LogP contribution in [0.3, 0.4) is 0 Å². The van der Waals surface area contributed by atoms with Gasteiger partial charge in [0.2, 0.25) is 0 Å². The van der Waals surface area contributed by atoms with Crippen molar-refractivity contribution in [2.24, 2.45) is 5.10 Å². The van der Waals surface area contributed by atoms with Gasteiger partial charge in [0.15, 0.2) is 0 Å². The number of halogens is 4. The molecule has 0 saturated carbocycles. The number of carbonyl (C=O) groups excluding carboxylic acids is 1.